The number of nitrogens with zero attached hydrogens (tertiary/aromatic N) is 5. The lowest BCUT2D eigenvalue weighted by atomic mass is 9.98. The summed E-state index contributed by atoms with van der Waals surface area (Å²) in [5.41, 5.74) is 0.863. The van der Waals surface area contributed by atoms with Gasteiger partial charge in [-0.05, 0) is 79.2 Å². The second kappa shape index (κ2) is 10.7. The van der Waals surface area contributed by atoms with E-state index in [1.807, 2.05) is 28.9 Å². The molecule has 0 spiro atoms. The summed E-state index contributed by atoms with van der Waals surface area (Å²) >= 11 is 1.70. The number of fused-ring (bicyclic) bond motifs is 1. The molecule has 0 unspecified atom stereocenters. The van der Waals surface area contributed by atoms with Gasteiger partial charge in [0.25, 0.3) is 5.56 Å². The summed E-state index contributed by atoms with van der Waals surface area (Å²) in [7, 11) is 1.64. The predicted octanol–water partition coefficient (Wildman–Crippen LogP) is 4.50. The van der Waals surface area contributed by atoms with Crippen molar-refractivity contribution in [1.82, 2.24) is 30.1 Å². The number of aromatic nitrogens is 5. The van der Waals surface area contributed by atoms with Crippen LogP contribution in [0, 0.1) is 0 Å². The van der Waals surface area contributed by atoms with E-state index in [1.54, 1.807) is 18.4 Å². The minimum atomic E-state index is -0.480. The van der Waals surface area contributed by atoms with Gasteiger partial charge in [0.2, 0.25) is 0 Å². The maximum absolute atomic E-state index is 13.7. The molecule has 9 nitrogen and oxygen atoms in total. The fourth-order valence-corrected chi connectivity index (χ4v) is 5.62. The van der Waals surface area contributed by atoms with Crippen LogP contribution >= 0.6 is 11.3 Å². The number of pyridine rings is 1. The fraction of sp³-hybridized carbons (Fsp3) is 0.481. The Morgan fingerprint density at radius 2 is 2.19 bits per heavy atom. The average molecular weight is 523 g/mol. The van der Waals surface area contributed by atoms with Gasteiger partial charge in [-0.25, -0.2) is 4.68 Å². The molecule has 2 atom stereocenters. The molecule has 1 aromatic carbocycles. The van der Waals surface area contributed by atoms with Crippen molar-refractivity contribution in [1.29, 1.82) is 0 Å². The van der Waals surface area contributed by atoms with Gasteiger partial charge in [-0.2, -0.15) is 0 Å². The van der Waals surface area contributed by atoms with Crippen LogP contribution < -0.4 is 10.3 Å². The SMILES string of the molecule is CCC(C)(C)n1nnnc1[C@@H](c1cc2cc(OC)ccc2[nH]c1=O)N(Cc1cccs1)C[C@@H]1CCCO1. The van der Waals surface area contributed by atoms with E-state index in [2.05, 4.69) is 63.7 Å². The number of aromatic amines is 1. The van der Waals surface area contributed by atoms with E-state index in [9.17, 15) is 4.79 Å². The van der Waals surface area contributed by atoms with E-state index < -0.39 is 6.04 Å². The Morgan fingerprint density at radius 1 is 1.32 bits per heavy atom. The van der Waals surface area contributed by atoms with Crippen LogP contribution in [0.2, 0.25) is 0 Å². The number of hydrogen-bond donors (Lipinski definition) is 1. The molecule has 3 aromatic heterocycles. The molecule has 0 aliphatic carbocycles. The molecule has 10 heteroatoms. The van der Waals surface area contributed by atoms with Gasteiger partial charge < -0.3 is 14.5 Å². The van der Waals surface area contributed by atoms with E-state index >= 15 is 0 Å². The monoisotopic (exact) mass is 522 g/mol. The molecule has 0 amide bonds. The zero-order valence-corrected chi connectivity index (χ0v) is 22.6. The highest BCUT2D eigenvalue weighted by Gasteiger charge is 2.36. The number of methoxy groups -OCH3 is 1. The second-order valence-corrected chi connectivity index (χ2v) is 11.2. The molecule has 1 aliphatic rings. The zero-order chi connectivity index (χ0) is 26.0. The van der Waals surface area contributed by atoms with Gasteiger partial charge in [-0.1, -0.05) is 13.0 Å². The van der Waals surface area contributed by atoms with Crippen LogP contribution in [0.5, 0.6) is 5.75 Å². The van der Waals surface area contributed by atoms with E-state index in [0.29, 0.717) is 24.5 Å². The number of ether oxygens (including phenoxy) is 2. The lowest BCUT2D eigenvalue weighted by molar-refractivity contribution is 0.0566. The number of rotatable bonds is 10. The number of thiophene rings is 1. The molecular weight excluding hydrogens is 488 g/mol. The highest BCUT2D eigenvalue weighted by atomic mass is 32.1. The van der Waals surface area contributed by atoms with Gasteiger partial charge in [0, 0.05) is 41.0 Å². The number of H-pyrrole nitrogens is 1. The second-order valence-electron chi connectivity index (χ2n) is 10.2. The minimum absolute atomic E-state index is 0.0885. The van der Waals surface area contributed by atoms with E-state index in [1.165, 1.54) is 4.88 Å². The summed E-state index contributed by atoms with van der Waals surface area (Å²) in [5.74, 6) is 1.38. The van der Waals surface area contributed by atoms with Gasteiger partial charge in [-0.15, -0.1) is 16.4 Å². The molecule has 5 rings (SSSR count). The topological polar surface area (TPSA) is 98.2 Å². The zero-order valence-electron chi connectivity index (χ0n) is 21.8. The van der Waals surface area contributed by atoms with Gasteiger partial charge in [0.1, 0.15) is 11.8 Å². The molecule has 196 valence electrons. The Morgan fingerprint density at radius 3 is 2.89 bits per heavy atom. The highest BCUT2D eigenvalue weighted by molar-refractivity contribution is 7.09. The van der Waals surface area contributed by atoms with Crippen LogP contribution in [0.25, 0.3) is 10.9 Å². The minimum Gasteiger partial charge on any atom is -0.497 e. The number of benzene rings is 1. The lowest BCUT2D eigenvalue weighted by Gasteiger charge is -2.34. The van der Waals surface area contributed by atoms with Crippen molar-refractivity contribution in [3.63, 3.8) is 0 Å². The quantitative estimate of drug-likeness (QED) is 0.327. The molecule has 0 saturated carbocycles. The summed E-state index contributed by atoms with van der Waals surface area (Å²) in [5, 5.41) is 16.0. The largest absolute Gasteiger partial charge is 0.497 e. The average Bonchev–Trinajstić information content (AvgIpc) is 3.68. The third-order valence-electron chi connectivity index (χ3n) is 7.32. The summed E-state index contributed by atoms with van der Waals surface area (Å²) in [6, 6.07) is 11.3. The first kappa shape index (κ1) is 25.6. The van der Waals surface area contributed by atoms with E-state index in [0.717, 1.165) is 42.5 Å². The van der Waals surface area contributed by atoms with E-state index in [4.69, 9.17) is 9.47 Å². The summed E-state index contributed by atoms with van der Waals surface area (Å²) in [6.45, 7) is 8.42. The number of hydrogen-bond acceptors (Lipinski definition) is 8. The van der Waals surface area contributed by atoms with Crippen LogP contribution in [-0.2, 0) is 16.8 Å². The Kier molecular flexibility index (Phi) is 7.41. The fourth-order valence-electron chi connectivity index (χ4n) is 4.89. The predicted molar refractivity (Wildman–Crippen MR) is 144 cm³/mol. The van der Waals surface area contributed by atoms with Crippen LogP contribution in [0.4, 0.5) is 0 Å². The smallest absolute Gasteiger partial charge is 0.253 e. The molecule has 0 radical (unpaired) electrons. The Hall–Kier alpha value is -3.08. The van der Waals surface area contributed by atoms with Crippen molar-refractivity contribution in [2.45, 2.75) is 64.3 Å². The Bertz CT molecular complexity index is 1390. The molecule has 1 N–H and O–H groups in total. The molecule has 0 bridgehead atoms. The van der Waals surface area contributed by atoms with Crippen LogP contribution in [0.15, 0.2) is 46.6 Å². The highest BCUT2D eigenvalue weighted by Crippen LogP contribution is 2.33. The van der Waals surface area contributed by atoms with Crippen molar-refractivity contribution in [2.75, 3.05) is 20.3 Å². The first-order valence-corrected chi connectivity index (χ1v) is 13.7. The molecule has 4 heterocycles. The van der Waals surface area contributed by atoms with Crippen LogP contribution in [-0.4, -0.2) is 56.5 Å². The summed E-state index contributed by atoms with van der Waals surface area (Å²) < 4.78 is 13.4. The van der Waals surface area contributed by atoms with E-state index in [-0.39, 0.29) is 17.2 Å². The van der Waals surface area contributed by atoms with Crippen LogP contribution in [0.3, 0.4) is 0 Å². The van der Waals surface area contributed by atoms with Gasteiger partial charge in [-0.3, -0.25) is 9.69 Å². The Labute approximate surface area is 220 Å². The molecule has 37 heavy (non-hydrogen) atoms. The normalized spacial score (nSPS) is 17.1. The summed E-state index contributed by atoms with van der Waals surface area (Å²) in [6.07, 6.45) is 2.95. The standard InChI is InChI=1S/C27H34N6O3S/c1-5-27(2,3)33-25(29-30-31-33)24(22-15-18-14-19(35-4)10-11-23(18)28-26(22)34)32(16-20-8-6-12-36-20)17-21-9-7-13-37-21/h7,9-11,13-15,20,24H,5-6,8,12,16-17H2,1-4H3,(H,28,34)/t20-,24+/m0/s1. The first-order chi connectivity index (χ1) is 17.9. The lowest BCUT2D eigenvalue weighted by Crippen LogP contribution is -2.41. The van der Waals surface area contributed by atoms with Crippen LogP contribution in [0.1, 0.15) is 62.3 Å². The van der Waals surface area contributed by atoms with Gasteiger partial charge >= 0.3 is 0 Å². The maximum Gasteiger partial charge on any atom is 0.253 e. The number of nitrogens with one attached hydrogen (secondary N) is 1. The van der Waals surface area contributed by atoms with Crippen molar-refractivity contribution < 1.29 is 9.47 Å². The third-order valence-corrected chi connectivity index (χ3v) is 8.18. The van der Waals surface area contributed by atoms with Gasteiger partial charge in [0.05, 0.1) is 18.8 Å². The maximum atomic E-state index is 13.7. The van der Waals surface area contributed by atoms with Crippen molar-refractivity contribution in [3.8, 4) is 5.75 Å². The molecule has 1 aliphatic heterocycles. The Balaban J connectivity index is 1.70. The van der Waals surface area contributed by atoms with Crippen molar-refractivity contribution in [3.05, 3.63) is 68.4 Å². The molecule has 1 saturated heterocycles. The third kappa shape index (κ3) is 5.32. The number of tetrazole rings is 1. The van der Waals surface area contributed by atoms with Crippen molar-refractivity contribution in [2.24, 2.45) is 0 Å². The summed E-state index contributed by atoms with van der Waals surface area (Å²) in [4.78, 5) is 20.3. The first-order valence-electron chi connectivity index (χ1n) is 12.8. The van der Waals surface area contributed by atoms with Crippen molar-refractivity contribution >= 4 is 22.2 Å². The molecule has 1 fully saturated rings. The molecular formula is C27H34N6O3S. The molecule has 4 aromatic rings. The van der Waals surface area contributed by atoms with Gasteiger partial charge in [0.15, 0.2) is 5.82 Å².